The van der Waals surface area contributed by atoms with Crippen molar-refractivity contribution in [3.05, 3.63) is 35.9 Å². The second-order valence-electron chi connectivity index (χ2n) is 10.8. The Balaban J connectivity index is 1.89. The van der Waals surface area contributed by atoms with E-state index in [-0.39, 0.29) is 31.1 Å². The molecule has 2 fully saturated rings. The zero-order valence-electron chi connectivity index (χ0n) is 22.5. The fraction of sp³-hybridized carbons (Fsp3) is 0.607. The molecule has 0 radical (unpaired) electrons. The van der Waals surface area contributed by atoms with E-state index in [2.05, 4.69) is 16.0 Å². The summed E-state index contributed by atoms with van der Waals surface area (Å²) in [4.78, 5) is 66.5. The maximum atomic E-state index is 13.8. The molecule has 0 bridgehead atoms. The molecule has 10 heteroatoms. The Kier molecular flexibility index (Phi) is 9.88. The molecule has 1 aromatic rings. The largest absolute Gasteiger partial charge is 0.481 e. The standard InChI is InChI=1S/C28H40N4O6/c1-4-28(3)27(38)30-21(16-19-11-7-5-8-12-19)26(37)32-17-18(2)15-22(32)25(36)29-20(24(35)31-28)13-9-6-10-14-23(33)34/h5,7-8,11-12,18,20-22H,4,6,9-10,13-17H2,1-3H3,(H,29,36)(H,30,38)(H,31,35)(H,33,34)/t18-,20-,21-,22+,28-/m0/s1. The molecule has 0 aliphatic carbocycles. The predicted molar refractivity (Wildman–Crippen MR) is 141 cm³/mol. The van der Waals surface area contributed by atoms with Crippen LogP contribution in [-0.4, -0.2) is 69.8 Å². The smallest absolute Gasteiger partial charge is 0.303 e. The Morgan fingerprint density at radius 3 is 2.39 bits per heavy atom. The van der Waals surface area contributed by atoms with Crippen LogP contribution in [0, 0.1) is 5.92 Å². The van der Waals surface area contributed by atoms with Crippen LogP contribution < -0.4 is 16.0 Å². The summed E-state index contributed by atoms with van der Waals surface area (Å²) in [5.74, 6) is -2.44. The number of carbonyl (C=O) groups excluding carboxylic acids is 4. The molecule has 4 N–H and O–H groups in total. The zero-order chi connectivity index (χ0) is 27.9. The molecule has 0 saturated carbocycles. The lowest BCUT2D eigenvalue weighted by Gasteiger charge is -2.36. The SMILES string of the molecule is CC[C@]1(C)NC(=O)[C@H](CCCCCC(=O)O)NC(=O)[C@H]2C[C@H](C)CN2C(=O)[C@H](Cc2ccccc2)NC1=O. The lowest BCUT2D eigenvalue weighted by molar-refractivity contribution is -0.144. The normalized spacial score (nSPS) is 28.4. The van der Waals surface area contributed by atoms with E-state index in [0.29, 0.717) is 38.6 Å². The molecule has 0 aromatic heterocycles. The summed E-state index contributed by atoms with van der Waals surface area (Å²) < 4.78 is 0. The monoisotopic (exact) mass is 528 g/mol. The van der Waals surface area contributed by atoms with Crippen LogP contribution in [-0.2, 0) is 30.4 Å². The molecule has 2 aliphatic heterocycles. The number of fused-ring (bicyclic) bond motifs is 1. The molecule has 4 amide bonds. The summed E-state index contributed by atoms with van der Waals surface area (Å²) in [5.41, 5.74) is -0.424. The average molecular weight is 529 g/mol. The van der Waals surface area contributed by atoms with E-state index in [1.54, 1.807) is 18.7 Å². The third-order valence-corrected chi connectivity index (χ3v) is 7.61. The van der Waals surface area contributed by atoms with Crippen molar-refractivity contribution in [3.63, 3.8) is 0 Å². The maximum Gasteiger partial charge on any atom is 0.303 e. The van der Waals surface area contributed by atoms with Gasteiger partial charge in [-0.2, -0.15) is 0 Å². The van der Waals surface area contributed by atoms with Crippen molar-refractivity contribution in [1.29, 1.82) is 0 Å². The summed E-state index contributed by atoms with van der Waals surface area (Å²) in [5, 5.41) is 17.4. The number of carboxylic acid groups (broad SMARTS) is 1. The number of unbranched alkanes of at least 4 members (excludes halogenated alkanes) is 2. The van der Waals surface area contributed by atoms with E-state index in [1.807, 2.05) is 37.3 Å². The Morgan fingerprint density at radius 1 is 1.03 bits per heavy atom. The average Bonchev–Trinajstić information content (AvgIpc) is 3.28. The molecule has 0 unspecified atom stereocenters. The lowest BCUT2D eigenvalue weighted by Crippen LogP contribution is -2.65. The number of carbonyl (C=O) groups is 5. The molecule has 5 atom stereocenters. The molecule has 208 valence electrons. The number of rotatable bonds is 9. The minimum Gasteiger partial charge on any atom is -0.481 e. The van der Waals surface area contributed by atoms with Crippen molar-refractivity contribution in [2.75, 3.05) is 6.54 Å². The van der Waals surface area contributed by atoms with E-state index in [1.165, 1.54) is 0 Å². The Bertz CT molecular complexity index is 1030. The third-order valence-electron chi connectivity index (χ3n) is 7.61. The molecule has 2 aliphatic rings. The molecule has 0 spiro atoms. The molecule has 10 nitrogen and oxygen atoms in total. The fourth-order valence-corrected chi connectivity index (χ4v) is 5.11. The first kappa shape index (κ1) is 29.1. The maximum absolute atomic E-state index is 13.8. The quantitative estimate of drug-likeness (QED) is 0.360. The molecular weight excluding hydrogens is 488 g/mol. The first-order chi connectivity index (χ1) is 18.0. The summed E-state index contributed by atoms with van der Waals surface area (Å²) in [6, 6.07) is 6.83. The molecular formula is C28H40N4O6. The van der Waals surface area contributed by atoms with Gasteiger partial charge >= 0.3 is 5.97 Å². The van der Waals surface area contributed by atoms with Crippen LogP contribution in [0.1, 0.15) is 71.3 Å². The lowest BCUT2D eigenvalue weighted by atomic mass is 9.94. The number of nitrogens with one attached hydrogen (secondary N) is 3. The van der Waals surface area contributed by atoms with E-state index in [4.69, 9.17) is 5.11 Å². The minimum absolute atomic E-state index is 0.0402. The van der Waals surface area contributed by atoms with Crippen molar-refractivity contribution < 1.29 is 29.1 Å². The summed E-state index contributed by atoms with van der Waals surface area (Å²) in [7, 11) is 0. The van der Waals surface area contributed by atoms with Crippen LogP contribution in [0.4, 0.5) is 0 Å². The first-order valence-electron chi connectivity index (χ1n) is 13.5. The first-order valence-corrected chi connectivity index (χ1v) is 13.5. The van der Waals surface area contributed by atoms with Crippen molar-refractivity contribution in [2.45, 2.75) is 95.8 Å². The highest BCUT2D eigenvalue weighted by Gasteiger charge is 2.44. The van der Waals surface area contributed by atoms with Crippen LogP contribution >= 0.6 is 0 Å². The van der Waals surface area contributed by atoms with Gasteiger partial charge in [-0.15, -0.1) is 0 Å². The van der Waals surface area contributed by atoms with Gasteiger partial charge in [0.15, 0.2) is 0 Å². The van der Waals surface area contributed by atoms with Crippen LogP contribution in [0.3, 0.4) is 0 Å². The second-order valence-corrected chi connectivity index (χ2v) is 10.8. The highest BCUT2D eigenvalue weighted by atomic mass is 16.4. The molecule has 38 heavy (non-hydrogen) atoms. The third kappa shape index (κ3) is 7.33. The molecule has 1 aromatic carbocycles. The highest BCUT2D eigenvalue weighted by molar-refractivity contribution is 5.99. The van der Waals surface area contributed by atoms with E-state index >= 15 is 0 Å². The van der Waals surface area contributed by atoms with Gasteiger partial charge in [0, 0.05) is 19.4 Å². The van der Waals surface area contributed by atoms with Gasteiger partial charge in [0.1, 0.15) is 23.7 Å². The Morgan fingerprint density at radius 2 is 1.74 bits per heavy atom. The van der Waals surface area contributed by atoms with E-state index in [9.17, 15) is 24.0 Å². The van der Waals surface area contributed by atoms with Gasteiger partial charge in [0.05, 0.1) is 0 Å². The van der Waals surface area contributed by atoms with Gasteiger partial charge < -0.3 is 26.0 Å². The Hall–Kier alpha value is -3.43. The van der Waals surface area contributed by atoms with Crippen LogP contribution in [0.5, 0.6) is 0 Å². The number of hydrogen-bond acceptors (Lipinski definition) is 5. The summed E-state index contributed by atoms with van der Waals surface area (Å²) in [6.45, 7) is 5.74. The number of hydrogen-bond donors (Lipinski definition) is 4. The second kappa shape index (κ2) is 12.9. The van der Waals surface area contributed by atoms with Gasteiger partial charge in [0.2, 0.25) is 23.6 Å². The molecule has 2 heterocycles. The predicted octanol–water partition coefficient (Wildman–Crippen LogP) is 1.77. The fourth-order valence-electron chi connectivity index (χ4n) is 5.11. The zero-order valence-corrected chi connectivity index (χ0v) is 22.5. The van der Waals surface area contributed by atoms with Crippen LogP contribution in [0.15, 0.2) is 30.3 Å². The van der Waals surface area contributed by atoms with E-state index in [0.717, 1.165) is 5.56 Å². The van der Waals surface area contributed by atoms with Gasteiger partial charge in [-0.3, -0.25) is 24.0 Å². The Labute approximate surface area is 223 Å². The molecule has 2 saturated heterocycles. The van der Waals surface area contributed by atoms with Gasteiger partial charge in [-0.1, -0.05) is 57.0 Å². The van der Waals surface area contributed by atoms with Crippen molar-refractivity contribution in [2.24, 2.45) is 5.92 Å². The number of benzene rings is 1. The number of aliphatic carboxylic acids is 1. The van der Waals surface area contributed by atoms with Crippen LogP contribution in [0.2, 0.25) is 0 Å². The van der Waals surface area contributed by atoms with E-state index < -0.39 is 47.4 Å². The van der Waals surface area contributed by atoms with Crippen molar-refractivity contribution >= 4 is 29.6 Å². The highest BCUT2D eigenvalue weighted by Crippen LogP contribution is 2.26. The van der Waals surface area contributed by atoms with Gasteiger partial charge in [-0.05, 0) is 44.1 Å². The van der Waals surface area contributed by atoms with Crippen molar-refractivity contribution in [1.82, 2.24) is 20.9 Å². The van der Waals surface area contributed by atoms with Crippen LogP contribution in [0.25, 0.3) is 0 Å². The molecule has 3 rings (SSSR count). The van der Waals surface area contributed by atoms with Gasteiger partial charge in [-0.25, -0.2) is 0 Å². The summed E-state index contributed by atoms with van der Waals surface area (Å²) >= 11 is 0. The minimum atomic E-state index is -1.30. The topological polar surface area (TPSA) is 145 Å². The number of carboxylic acids is 1. The summed E-state index contributed by atoms with van der Waals surface area (Å²) in [6.07, 6.45) is 2.93. The van der Waals surface area contributed by atoms with Gasteiger partial charge in [0.25, 0.3) is 0 Å². The number of amides is 4. The van der Waals surface area contributed by atoms with Crippen molar-refractivity contribution in [3.8, 4) is 0 Å². The number of nitrogens with zero attached hydrogens (tertiary/aromatic N) is 1.